The van der Waals surface area contributed by atoms with Crippen LogP contribution in [0.3, 0.4) is 0 Å². The zero-order valence-electron chi connectivity index (χ0n) is 9.50. The van der Waals surface area contributed by atoms with Crippen molar-refractivity contribution >= 4 is 5.65 Å². The first-order chi connectivity index (χ1) is 7.00. The van der Waals surface area contributed by atoms with Crippen LogP contribution in [-0.2, 0) is 0 Å². The molecule has 0 atom stereocenters. The normalized spacial score (nSPS) is 11.6. The fourth-order valence-corrected chi connectivity index (χ4v) is 2.06. The molecule has 0 aliphatic carbocycles. The van der Waals surface area contributed by atoms with Gasteiger partial charge in [-0.1, -0.05) is 13.8 Å². The van der Waals surface area contributed by atoms with Gasteiger partial charge in [0, 0.05) is 11.9 Å². The average molecular weight is 206 g/mol. The summed E-state index contributed by atoms with van der Waals surface area (Å²) in [5, 5.41) is 0. The Bertz CT molecular complexity index is 512. The largest absolute Gasteiger partial charge is 0.301 e. The van der Waals surface area contributed by atoms with Crippen molar-refractivity contribution < 1.29 is 4.39 Å². The van der Waals surface area contributed by atoms with E-state index in [1.165, 1.54) is 6.07 Å². The number of hydrogen-bond acceptors (Lipinski definition) is 1. The number of rotatable bonds is 1. The summed E-state index contributed by atoms with van der Waals surface area (Å²) in [6.07, 6.45) is 1.94. The summed E-state index contributed by atoms with van der Waals surface area (Å²) in [7, 11) is 0. The summed E-state index contributed by atoms with van der Waals surface area (Å²) in [5.41, 5.74) is 3.35. The number of fused-ring (bicyclic) bond motifs is 1. The van der Waals surface area contributed by atoms with Crippen molar-refractivity contribution in [1.82, 2.24) is 9.38 Å². The van der Waals surface area contributed by atoms with Gasteiger partial charge in [-0.15, -0.1) is 0 Å². The highest BCUT2D eigenvalue weighted by Crippen LogP contribution is 2.22. The van der Waals surface area contributed by atoms with Gasteiger partial charge in [-0.2, -0.15) is 0 Å². The Hall–Kier alpha value is -1.38. The number of hydrogen-bond donors (Lipinski definition) is 0. The molecular weight excluding hydrogens is 191 g/mol. The van der Waals surface area contributed by atoms with Crippen LogP contribution >= 0.6 is 0 Å². The smallest absolute Gasteiger partial charge is 0.173 e. The van der Waals surface area contributed by atoms with E-state index in [2.05, 4.69) is 18.8 Å². The molecule has 80 valence electrons. The highest BCUT2D eigenvalue weighted by Gasteiger charge is 2.14. The molecule has 0 spiro atoms. The Morgan fingerprint density at radius 1 is 1.33 bits per heavy atom. The molecule has 0 aromatic carbocycles. The molecule has 2 aromatic heterocycles. The number of aryl methyl sites for hydroxylation is 2. The lowest BCUT2D eigenvalue weighted by Gasteiger charge is -2.07. The van der Waals surface area contributed by atoms with Crippen molar-refractivity contribution in [2.24, 2.45) is 0 Å². The van der Waals surface area contributed by atoms with Gasteiger partial charge in [-0.3, -0.25) is 0 Å². The van der Waals surface area contributed by atoms with Crippen molar-refractivity contribution in [2.75, 3.05) is 0 Å². The van der Waals surface area contributed by atoms with Crippen molar-refractivity contribution in [3.63, 3.8) is 0 Å². The maximum Gasteiger partial charge on any atom is 0.173 e. The Morgan fingerprint density at radius 3 is 2.60 bits per heavy atom. The second-order valence-electron chi connectivity index (χ2n) is 4.30. The van der Waals surface area contributed by atoms with Gasteiger partial charge in [-0.25, -0.2) is 9.37 Å². The van der Waals surface area contributed by atoms with E-state index in [-0.39, 0.29) is 5.82 Å². The Balaban J connectivity index is 2.86. The second-order valence-corrected chi connectivity index (χ2v) is 4.30. The van der Waals surface area contributed by atoms with Crippen LogP contribution in [0.25, 0.3) is 5.65 Å². The molecule has 2 rings (SSSR count). The van der Waals surface area contributed by atoms with Crippen LogP contribution in [0.1, 0.15) is 36.7 Å². The van der Waals surface area contributed by atoms with Crippen molar-refractivity contribution in [2.45, 2.75) is 33.6 Å². The van der Waals surface area contributed by atoms with E-state index in [1.807, 2.05) is 24.4 Å². The molecule has 0 aliphatic rings. The van der Waals surface area contributed by atoms with Crippen LogP contribution < -0.4 is 0 Å². The van der Waals surface area contributed by atoms with Gasteiger partial charge in [-0.05, 0) is 31.4 Å². The predicted octanol–water partition coefficient (Wildman–Crippen LogP) is 3.21. The van der Waals surface area contributed by atoms with E-state index in [1.54, 1.807) is 0 Å². The summed E-state index contributed by atoms with van der Waals surface area (Å²) in [6.45, 7) is 8.01. The van der Waals surface area contributed by atoms with Crippen molar-refractivity contribution in [3.8, 4) is 0 Å². The Morgan fingerprint density at radius 2 is 2.00 bits per heavy atom. The van der Waals surface area contributed by atoms with Gasteiger partial charge in [0.15, 0.2) is 11.5 Å². The van der Waals surface area contributed by atoms with Gasteiger partial charge in [0.05, 0.1) is 5.69 Å². The highest BCUT2D eigenvalue weighted by molar-refractivity contribution is 5.46. The molecule has 0 N–H and O–H groups in total. The molecule has 2 heterocycles. The quantitative estimate of drug-likeness (QED) is 0.700. The van der Waals surface area contributed by atoms with Gasteiger partial charge < -0.3 is 4.40 Å². The van der Waals surface area contributed by atoms with Gasteiger partial charge >= 0.3 is 0 Å². The summed E-state index contributed by atoms with van der Waals surface area (Å²) in [5.74, 6) is 0.103. The fraction of sp³-hybridized carbons (Fsp3) is 0.417. The van der Waals surface area contributed by atoms with E-state index in [0.29, 0.717) is 11.6 Å². The van der Waals surface area contributed by atoms with Crippen LogP contribution in [-0.4, -0.2) is 9.38 Å². The predicted molar refractivity (Wildman–Crippen MR) is 58.7 cm³/mol. The third-order valence-corrected chi connectivity index (χ3v) is 2.58. The Labute approximate surface area is 88.8 Å². The van der Waals surface area contributed by atoms with Crippen LogP contribution in [0.4, 0.5) is 4.39 Å². The molecule has 2 nitrogen and oxygen atoms in total. The number of imidazole rings is 1. The summed E-state index contributed by atoms with van der Waals surface area (Å²) in [4.78, 5) is 4.26. The SMILES string of the molecule is Cc1cc(F)c2nc(C)c(C(C)C)n2c1. The van der Waals surface area contributed by atoms with Gasteiger partial charge in [0.25, 0.3) is 0 Å². The number of pyridine rings is 1. The van der Waals surface area contributed by atoms with Crippen LogP contribution in [0, 0.1) is 19.7 Å². The average Bonchev–Trinajstić information content (AvgIpc) is 2.41. The molecule has 0 amide bonds. The van der Waals surface area contributed by atoms with Crippen LogP contribution in [0.2, 0.25) is 0 Å². The molecule has 0 fully saturated rings. The number of nitrogens with zero attached hydrogens (tertiary/aromatic N) is 2. The van der Waals surface area contributed by atoms with E-state index < -0.39 is 0 Å². The minimum absolute atomic E-state index is 0.245. The van der Waals surface area contributed by atoms with Gasteiger partial charge in [0.1, 0.15) is 0 Å². The molecule has 0 radical (unpaired) electrons. The zero-order valence-corrected chi connectivity index (χ0v) is 9.50. The molecular formula is C12H15FN2. The lowest BCUT2D eigenvalue weighted by molar-refractivity contribution is 0.626. The molecule has 0 saturated carbocycles. The molecule has 0 unspecified atom stereocenters. The third-order valence-electron chi connectivity index (χ3n) is 2.58. The van der Waals surface area contributed by atoms with Gasteiger partial charge in [0.2, 0.25) is 0 Å². The number of aromatic nitrogens is 2. The van der Waals surface area contributed by atoms with E-state index in [4.69, 9.17) is 0 Å². The lowest BCUT2D eigenvalue weighted by atomic mass is 10.1. The first-order valence-corrected chi connectivity index (χ1v) is 5.15. The maximum atomic E-state index is 13.6. The molecule has 0 bridgehead atoms. The summed E-state index contributed by atoms with van der Waals surface area (Å²) in [6, 6.07) is 1.52. The van der Waals surface area contributed by atoms with E-state index in [0.717, 1.165) is 17.0 Å². The third kappa shape index (κ3) is 1.52. The topological polar surface area (TPSA) is 17.3 Å². The van der Waals surface area contributed by atoms with Crippen LogP contribution in [0.15, 0.2) is 12.3 Å². The van der Waals surface area contributed by atoms with Crippen LogP contribution in [0.5, 0.6) is 0 Å². The minimum atomic E-state index is -0.245. The second kappa shape index (κ2) is 3.33. The fourth-order valence-electron chi connectivity index (χ4n) is 2.06. The first kappa shape index (κ1) is 10.1. The molecule has 2 aromatic rings. The molecule has 3 heteroatoms. The minimum Gasteiger partial charge on any atom is -0.301 e. The molecule has 0 saturated heterocycles. The monoisotopic (exact) mass is 206 g/mol. The number of halogens is 1. The van der Waals surface area contributed by atoms with E-state index in [9.17, 15) is 4.39 Å². The summed E-state index contributed by atoms with van der Waals surface area (Å²) < 4.78 is 15.5. The Kier molecular flexibility index (Phi) is 2.25. The zero-order chi connectivity index (χ0) is 11.2. The van der Waals surface area contributed by atoms with Crippen molar-refractivity contribution in [3.05, 3.63) is 35.0 Å². The highest BCUT2D eigenvalue weighted by atomic mass is 19.1. The summed E-state index contributed by atoms with van der Waals surface area (Å²) >= 11 is 0. The molecule has 0 aliphatic heterocycles. The molecule has 15 heavy (non-hydrogen) atoms. The standard InChI is InChI=1S/C12H15FN2/c1-7(2)11-9(4)14-12-10(13)5-8(3)6-15(11)12/h5-7H,1-4H3. The first-order valence-electron chi connectivity index (χ1n) is 5.15. The lowest BCUT2D eigenvalue weighted by Crippen LogP contribution is -1.98. The van der Waals surface area contributed by atoms with E-state index >= 15 is 0 Å². The van der Waals surface area contributed by atoms with Crippen molar-refractivity contribution in [1.29, 1.82) is 0 Å². The maximum absolute atomic E-state index is 13.6.